The number of carbonyl (C=O) groups excluding carboxylic acids is 4. The fourth-order valence-corrected chi connectivity index (χ4v) is 4.75. The first-order valence-electron chi connectivity index (χ1n) is 19.4. The average molecular weight is 1050 g/mol. The molecule has 2 unspecified atom stereocenters. The summed E-state index contributed by atoms with van der Waals surface area (Å²) in [5.41, 5.74) is -7.44. The molecule has 0 spiro atoms. The number of ether oxygens (including phenoxy) is 8. The van der Waals surface area contributed by atoms with Gasteiger partial charge in [0.2, 0.25) is 5.41 Å². The second kappa shape index (κ2) is 25.2. The molecule has 0 radical (unpaired) electrons. The van der Waals surface area contributed by atoms with Crippen LogP contribution in [0.15, 0.2) is 97.1 Å². The summed E-state index contributed by atoms with van der Waals surface area (Å²) in [4.78, 5) is 44.6. The van der Waals surface area contributed by atoms with Crippen molar-refractivity contribution in [1.82, 2.24) is 0 Å². The molecule has 398 valence electrons. The summed E-state index contributed by atoms with van der Waals surface area (Å²) in [6, 6.07) is 5.96. The molecule has 0 heterocycles. The number of hydrogen-bond donors (Lipinski definition) is 2. The molecule has 2 N–H and O–H groups in total. The largest absolute Gasteiger partial charge is 0.491 e. The number of esters is 4. The fourth-order valence-electron chi connectivity index (χ4n) is 4.75. The molecule has 0 amide bonds. The van der Waals surface area contributed by atoms with Crippen LogP contribution >= 0.6 is 0 Å². The Hall–Kier alpha value is -6.26. The summed E-state index contributed by atoms with van der Waals surface area (Å²) in [5, 5.41) is 19.7. The first-order chi connectivity index (χ1) is 32.2. The molecule has 71 heavy (non-hydrogen) atoms. The minimum Gasteiger partial charge on any atom is -0.491 e. The molecule has 0 aromatic heterocycles. The van der Waals surface area contributed by atoms with Crippen LogP contribution in [0.4, 0.5) is 61.5 Å². The summed E-state index contributed by atoms with van der Waals surface area (Å²) in [5.74, 6) is -4.80. The highest BCUT2D eigenvalue weighted by atomic mass is 19.4. The van der Waals surface area contributed by atoms with Crippen molar-refractivity contribution in [2.45, 2.75) is 82.1 Å². The second-order valence-corrected chi connectivity index (χ2v) is 14.7. The van der Waals surface area contributed by atoms with Crippen molar-refractivity contribution in [3.8, 4) is 11.5 Å². The van der Waals surface area contributed by atoms with Crippen molar-refractivity contribution in [3.05, 3.63) is 108 Å². The molecule has 0 aliphatic rings. The van der Waals surface area contributed by atoms with Crippen molar-refractivity contribution in [1.29, 1.82) is 0 Å². The van der Waals surface area contributed by atoms with Crippen LogP contribution < -0.4 is 9.47 Å². The predicted molar refractivity (Wildman–Crippen MR) is 214 cm³/mol. The third-order valence-corrected chi connectivity index (χ3v) is 8.15. The van der Waals surface area contributed by atoms with Gasteiger partial charge < -0.3 is 38.6 Å². The van der Waals surface area contributed by atoms with E-state index < -0.39 is 140 Å². The van der Waals surface area contributed by atoms with Crippen LogP contribution in [-0.2, 0) is 53.0 Å². The van der Waals surface area contributed by atoms with E-state index in [1.54, 1.807) is 0 Å². The van der Waals surface area contributed by atoms with E-state index in [1.807, 2.05) is 0 Å². The number of carbonyl (C=O) groups is 4. The summed E-state index contributed by atoms with van der Waals surface area (Å²) < 4.78 is 225. The third-order valence-electron chi connectivity index (χ3n) is 8.15. The van der Waals surface area contributed by atoms with Gasteiger partial charge in [-0.1, -0.05) is 50.6 Å². The van der Waals surface area contributed by atoms with E-state index in [4.69, 9.17) is 18.9 Å². The van der Waals surface area contributed by atoms with Crippen LogP contribution in [0.3, 0.4) is 0 Å². The standard InChI is InChI=1S/C29H30F6O8.C14H14F8O6/c1-17(2)25(38)42-15-21(36)13-40-23-9-5-19(6-10-23)27(28(30,31)32,29(33,34)35)20-7-11-24(12-8-20)41-14-22(37)16-43-26(39)18(3)4;1-7(2)9(23)25-5-11(15,16)27-13(19,20)14(21,22)28-12(17,18)6-26-10(24)8(3)4/h5-12,21-22,36-37H,1,3,13-16H2,2,4H3;1,3,5-6H2,2,4H3. The number of aliphatic hydroxyl groups is 2. The van der Waals surface area contributed by atoms with Gasteiger partial charge in [0.15, 0.2) is 13.2 Å². The smallest absolute Gasteiger partial charge is 0.453 e. The second-order valence-electron chi connectivity index (χ2n) is 14.7. The number of aliphatic hydroxyl groups excluding tert-OH is 2. The Labute approximate surface area is 394 Å². The molecule has 0 aliphatic carbocycles. The van der Waals surface area contributed by atoms with E-state index in [1.165, 1.54) is 13.8 Å². The molecule has 2 aromatic carbocycles. The van der Waals surface area contributed by atoms with Gasteiger partial charge in [-0.15, -0.1) is 0 Å². The van der Waals surface area contributed by atoms with E-state index in [0.29, 0.717) is 24.3 Å². The monoisotopic (exact) mass is 1050 g/mol. The Kier molecular flexibility index (Phi) is 22.3. The fraction of sp³-hybridized carbons (Fsp3) is 0.442. The SMILES string of the molecule is C=C(C)C(=O)OCC(F)(F)OC(F)(F)C(F)(F)OC(F)(F)COC(=O)C(=C)C.C=C(C)C(=O)OCC(O)COc1ccc(C(c2ccc(OCC(O)COC(=O)C(=C)C)cc2)(C(F)(F)F)C(F)(F)F)cc1. The van der Waals surface area contributed by atoms with Crippen LogP contribution in [-0.4, -0.2) is 123 Å². The molecule has 0 saturated heterocycles. The van der Waals surface area contributed by atoms with Gasteiger partial charge in [0, 0.05) is 22.3 Å². The van der Waals surface area contributed by atoms with Crippen molar-refractivity contribution in [3.63, 3.8) is 0 Å². The zero-order valence-corrected chi connectivity index (χ0v) is 37.4. The summed E-state index contributed by atoms with van der Waals surface area (Å²) >= 11 is 0. The summed E-state index contributed by atoms with van der Waals surface area (Å²) in [6.07, 6.45) is -37.4. The van der Waals surface area contributed by atoms with Gasteiger partial charge in [0.1, 0.15) is 50.1 Å². The van der Waals surface area contributed by atoms with Gasteiger partial charge >= 0.3 is 60.7 Å². The maximum Gasteiger partial charge on any atom is 0.453 e. The molecule has 28 heteroatoms. The first-order valence-corrected chi connectivity index (χ1v) is 19.4. The molecule has 0 saturated carbocycles. The quantitative estimate of drug-likeness (QED) is 0.0418. The molecule has 2 atom stereocenters. The molecule has 2 rings (SSSR count). The maximum absolute atomic E-state index is 14.4. The Balaban J connectivity index is 0.000000781. The Morgan fingerprint density at radius 3 is 0.944 bits per heavy atom. The van der Waals surface area contributed by atoms with Crippen LogP contribution in [0, 0.1) is 0 Å². The van der Waals surface area contributed by atoms with E-state index in [0.717, 1.165) is 38.1 Å². The van der Waals surface area contributed by atoms with Crippen LogP contribution in [0.25, 0.3) is 0 Å². The van der Waals surface area contributed by atoms with Crippen LogP contribution in [0.2, 0.25) is 0 Å². The number of alkyl halides is 14. The normalized spacial score (nSPS) is 13.3. The average Bonchev–Trinajstić information content (AvgIpc) is 3.23. The highest BCUT2D eigenvalue weighted by molar-refractivity contribution is 5.88. The Morgan fingerprint density at radius 1 is 0.451 bits per heavy atom. The van der Waals surface area contributed by atoms with Gasteiger partial charge in [0.05, 0.1) is 0 Å². The molecule has 14 nitrogen and oxygen atoms in total. The van der Waals surface area contributed by atoms with Crippen molar-refractivity contribution in [2.75, 3.05) is 39.6 Å². The number of rotatable bonds is 25. The lowest BCUT2D eigenvalue weighted by molar-refractivity contribution is -0.515. The van der Waals surface area contributed by atoms with Gasteiger partial charge in [-0.25, -0.2) is 28.7 Å². The van der Waals surface area contributed by atoms with Crippen molar-refractivity contribution >= 4 is 23.9 Å². The minimum absolute atomic E-state index is 0.0845. The maximum atomic E-state index is 14.4. The van der Waals surface area contributed by atoms with Crippen molar-refractivity contribution < 1.29 is 129 Å². The lowest BCUT2D eigenvalue weighted by Gasteiger charge is -2.38. The molecular formula is C43H44F14O14. The molecule has 0 bridgehead atoms. The lowest BCUT2D eigenvalue weighted by Crippen LogP contribution is -2.54. The number of hydrogen-bond acceptors (Lipinski definition) is 14. The number of benzene rings is 2. The molecular weight excluding hydrogens is 1010 g/mol. The molecule has 0 fully saturated rings. The van der Waals surface area contributed by atoms with E-state index in [9.17, 15) is 90.9 Å². The third kappa shape index (κ3) is 19.1. The van der Waals surface area contributed by atoms with Crippen molar-refractivity contribution in [2.24, 2.45) is 0 Å². The van der Waals surface area contributed by atoms with E-state index in [2.05, 4.69) is 45.3 Å². The highest BCUT2D eigenvalue weighted by Gasteiger charge is 2.72. The Morgan fingerprint density at radius 2 is 0.704 bits per heavy atom. The lowest BCUT2D eigenvalue weighted by atomic mass is 9.73. The van der Waals surface area contributed by atoms with Crippen LogP contribution in [0.1, 0.15) is 38.8 Å². The van der Waals surface area contributed by atoms with Crippen LogP contribution in [0.5, 0.6) is 11.5 Å². The zero-order chi connectivity index (χ0) is 55.1. The zero-order valence-electron chi connectivity index (χ0n) is 37.4. The first kappa shape index (κ1) is 62.8. The molecule has 2 aromatic rings. The predicted octanol–water partition coefficient (Wildman–Crippen LogP) is 8.44. The number of halogens is 14. The Bertz CT molecular complexity index is 2040. The minimum atomic E-state index is -6.31. The van der Waals surface area contributed by atoms with Gasteiger partial charge in [-0.2, -0.15) is 61.5 Å². The van der Waals surface area contributed by atoms with Gasteiger partial charge in [-0.05, 0) is 63.1 Å². The van der Waals surface area contributed by atoms with E-state index in [-0.39, 0.29) is 22.6 Å². The topological polar surface area (TPSA) is 183 Å². The summed E-state index contributed by atoms with van der Waals surface area (Å²) in [7, 11) is 0. The molecule has 0 aliphatic heterocycles. The summed E-state index contributed by atoms with van der Waals surface area (Å²) in [6.45, 7) is 11.1. The van der Waals surface area contributed by atoms with E-state index >= 15 is 0 Å². The highest BCUT2D eigenvalue weighted by Crippen LogP contribution is 2.56. The van der Waals surface area contributed by atoms with Gasteiger partial charge in [-0.3, -0.25) is 0 Å². The van der Waals surface area contributed by atoms with Gasteiger partial charge in [0.25, 0.3) is 0 Å².